The van der Waals surface area contributed by atoms with Crippen molar-refractivity contribution in [2.24, 2.45) is 16.7 Å². The number of carboxylic acid groups (broad SMARTS) is 1. The molecular formula is C23H26O3. The van der Waals surface area contributed by atoms with E-state index >= 15 is 0 Å². The molecule has 0 amide bonds. The number of hydrogen-bond acceptors (Lipinski definition) is 2. The summed E-state index contributed by atoms with van der Waals surface area (Å²) in [7, 11) is 0. The SMILES string of the molecule is CC(C)=C[C@@H]1C(C)(C)[C@]1(Cc1cccc(Oc2ccccc2)c1)C(=O)O. The van der Waals surface area contributed by atoms with Gasteiger partial charge in [0.2, 0.25) is 0 Å². The molecule has 1 saturated carbocycles. The molecule has 0 aromatic heterocycles. The fourth-order valence-electron chi connectivity index (χ4n) is 4.07. The number of benzene rings is 2. The lowest BCUT2D eigenvalue weighted by Gasteiger charge is -2.16. The van der Waals surface area contributed by atoms with Crippen LogP contribution in [0.4, 0.5) is 0 Å². The molecule has 1 fully saturated rings. The van der Waals surface area contributed by atoms with Gasteiger partial charge in [0, 0.05) is 5.92 Å². The summed E-state index contributed by atoms with van der Waals surface area (Å²) in [6, 6.07) is 17.4. The van der Waals surface area contributed by atoms with E-state index in [1.807, 2.05) is 68.4 Å². The minimum Gasteiger partial charge on any atom is -0.481 e. The van der Waals surface area contributed by atoms with Crippen LogP contribution >= 0.6 is 0 Å². The highest BCUT2D eigenvalue weighted by molar-refractivity contribution is 5.82. The third-order valence-corrected chi connectivity index (χ3v) is 5.62. The second kappa shape index (κ2) is 6.64. The summed E-state index contributed by atoms with van der Waals surface area (Å²) in [6.07, 6.45) is 2.61. The van der Waals surface area contributed by atoms with E-state index in [4.69, 9.17) is 4.74 Å². The van der Waals surface area contributed by atoms with Crippen LogP contribution in [-0.2, 0) is 11.2 Å². The molecule has 3 rings (SSSR count). The zero-order chi connectivity index (χ0) is 18.9. The standard InChI is InChI=1S/C23H26O3/c1-16(2)13-20-22(3,4)23(20,21(24)25)15-17-9-8-12-19(14-17)26-18-10-6-5-7-11-18/h5-14,20H,15H2,1-4H3,(H,24,25)/t20-,23+/m1/s1. The lowest BCUT2D eigenvalue weighted by Crippen LogP contribution is -2.24. The molecule has 1 N–H and O–H groups in total. The normalized spacial score (nSPS) is 23.2. The monoisotopic (exact) mass is 350 g/mol. The van der Waals surface area contributed by atoms with Gasteiger partial charge in [-0.3, -0.25) is 4.79 Å². The van der Waals surface area contributed by atoms with Crippen molar-refractivity contribution < 1.29 is 14.6 Å². The van der Waals surface area contributed by atoms with Crippen molar-refractivity contribution in [2.75, 3.05) is 0 Å². The lowest BCUT2D eigenvalue weighted by atomic mass is 9.88. The number of ether oxygens (including phenoxy) is 1. The molecule has 0 spiro atoms. The number of aliphatic carboxylic acids is 1. The number of carboxylic acids is 1. The van der Waals surface area contributed by atoms with E-state index < -0.39 is 11.4 Å². The van der Waals surface area contributed by atoms with Crippen LogP contribution in [0.5, 0.6) is 11.5 Å². The molecule has 2 aromatic rings. The first-order chi connectivity index (χ1) is 12.3. The first-order valence-electron chi connectivity index (χ1n) is 8.97. The highest BCUT2D eigenvalue weighted by Crippen LogP contribution is 2.71. The highest BCUT2D eigenvalue weighted by Gasteiger charge is 2.74. The molecule has 0 radical (unpaired) electrons. The highest BCUT2D eigenvalue weighted by atomic mass is 16.5. The number of allylic oxidation sites excluding steroid dienone is 2. The minimum absolute atomic E-state index is 0.0381. The van der Waals surface area contributed by atoms with Crippen LogP contribution in [0.3, 0.4) is 0 Å². The zero-order valence-electron chi connectivity index (χ0n) is 15.8. The Morgan fingerprint density at radius 2 is 1.73 bits per heavy atom. The van der Waals surface area contributed by atoms with E-state index in [-0.39, 0.29) is 11.3 Å². The number of para-hydroxylation sites is 1. The minimum atomic E-state index is -0.768. The van der Waals surface area contributed by atoms with Gasteiger partial charge in [0.25, 0.3) is 0 Å². The van der Waals surface area contributed by atoms with Crippen LogP contribution in [0, 0.1) is 16.7 Å². The Kier molecular flexibility index (Phi) is 4.66. The maximum atomic E-state index is 12.2. The van der Waals surface area contributed by atoms with Crippen molar-refractivity contribution in [1.29, 1.82) is 0 Å². The summed E-state index contributed by atoms with van der Waals surface area (Å²) < 4.78 is 5.90. The molecule has 3 heteroatoms. The molecule has 2 atom stereocenters. The average Bonchev–Trinajstić information content (AvgIpc) is 3.03. The van der Waals surface area contributed by atoms with Gasteiger partial charge in [-0.1, -0.05) is 55.8 Å². The molecule has 26 heavy (non-hydrogen) atoms. The van der Waals surface area contributed by atoms with Gasteiger partial charge in [-0.15, -0.1) is 0 Å². The maximum Gasteiger partial charge on any atom is 0.311 e. The van der Waals surface area contributed by atoms with E-state index in [1.165, 1.54) is 0 Å². The van der Waals surface area contributed by atoms with E-state index in [1.54, 1.807) is 0 Å². The molecule has 136 valence electrons. The average molecular weight is 350 g/mol. The Labute approximate surface area is 155 Å². The number of carbonyl (C=O) groups is 1. The van der Waals surface area contributed by atoms with Crippen LogP contribution in [-0.4, -0.2) is 11.1 Å². The smallest absolute Gasteiger partial charge is 0.311 e. The van der Waals surface area contributed by atoms with E-state index in [0.717, 1.165) is 22.6 Å². The van der Waals surface area contributed by atoms with Crippen molar-refractivity contribution in [3.8, 4) is 11.5 Å². The molecule has 0 saturated heterocycles. The molecule has 0 bridgehead atoms. The van der Waals surface area contributed by atoms with Crippen LogP contribution in [0.25, 0.3) is 0 Å². The fraction of sp³-hybridized carbons (Fsp3) is 0.348. The first kappa shape index (κ1) is 18.2. The van der Waals surface area contributed by atoms with Gasteiger partial charge >= 0.3 is 5.97 Å². The van der Waals surface area contributed by atoms with Gasteiger partial charge in [0.05, 0.1) is 5.41 Å². The molecule has 0 aliphatic heterocycles. The maximum absolute atomic E-state index is 12.2. The summed E-state index contributed by atoms with van der Waals surface area (Å²) in [4.78, 5) is 12.2. The van der Waals surface area contributed by atoms with Crippen LogP contribution in [0.15, 0.2) is 66.2 Å². The molecule has 0 heterocycles. The van der Waals surface area contributed by atoms with Crippen molar-refractivity contribution in [1.82, 2.24) is 0 Å². The lowest BCUT2D eigenvalue weighted by molar-refractivity contribution is -0.145. The predicted molar refractivity (Wildman–Crippen MR) is 103 cm³/mol. The van der Waals surface area contributed by atoms with Crippen molar-refractivity contribution in [2.45, 2.75) is 34.1 Å². The summed E-state index contributed by atoms with van der Waals surface area (Å²) in [5, 5.41) is 10.0. The van der Waals surface area contributed by atoms with Gasteiger partial charge in [-0.25, -0.2) is 0 Å². The fourth-order valence-corrected chi connectivity index (χ4v) is 4.07. The first-order valence-corrected chi connectivity index (χ1v) is 8.97. The summed E-state index contributed by atoms with van der Waals surface area (Å²) >= 11 is 0. The third-order valence-electron chi connectivity index (χ3n) is 5.62. The van der Waals surface area contributed by atoms with E-state index in [0.29, 0.717) is 6.42 Å². The Balaban J connectivity index is 1.87. The zero-order valence-corrected chi connectivity index (χ0v) is 15.8. The Bertz CT molecular complexity index is 832. The van der Waals surface area contributed by atoms with Gasteiger partial charge in [0.1, 0.15) is 11.5 Å². The van der Waals surface area contributed by atoms with Gasteiger partial charge in [0.15, 0.2) is 0 Å². The van der Waals surface area contributed by atoms with Gasteiger partial charge in [-0.05, 0) is 55.5 Å². The van der Waals surface area contributed by atoms with E-state index in [2.05, 4.69) is 19.9 Å². The Hall–Kier alpha value is -2.55. The van der Waals surface area contributed by atoms with Gasteiger partial charge < -0.3 is 9.84 Å². The van der Waals surface area contributed by atoms with Crippen molar-refractivity contribution in [3.63, 3.8) is 0 Å². The Morgan fingerprint density at radius 1 is 1.08 bits per heavy atom. The van der Waals surface area contributed by atoms with Crippen molar-refractivity contribution in [3.05, 3.63) is 71.8 Å². The molecule has 3 nitrogen and oxygen atoms in total. The predicted octanol–water partition coefficient (Wildman–Crippen LogP) is 5.71. The van der Waals surface area contributed by atoms with E-state index in [9.17, 15) is 9.90 Å². The van der Waals surface area contributed by atoms with Crippen LogP contribution in [0.2, 0.25) is 0 Å². The number of hydrogen-bond donors (Lipinski definition) is 1. The molecule has 0 unspecified atom stereocenters. The molecule has 2 aromatic carbocycles. The number of rotatable bonds is 6. The quantitative estimate of drug-likeness (QED) is 0.678. The molecular weight excluding hydrogens is 324 g/mol. The summed E-state index contributed by atoms with van der Waals surface area (Å²) in [6.45, 7) is 8.15. The largest absolute Gasteiger partial charge is 0.481 e. The van der Waals surface area contributed by atoms with Crippen LogP contribution < -0.4 is 4.74 Å². The summed E-state index contributed by atoms with van der Waals surface area (Å²) in [5.74, 6) is 0.814. The van der Waals surface area contributed by atoms with Gasteiger partial charge in [-0.2, -0.15) is 0 Å². The van der Waals surface area contributed by atoms with Crippen LogP contribution in [0.1, 0.15) is 33.3 Å². The topological polar surface area (TPSA) is 46.5 Å². The third kappa shape index (κ3) is 3.14. The second-order valence-electron chi connectivity index (χ2n) is 7.96. The summed E-state index contributed by atoms with van der Waals surface area (Å²) in [5.41, 5.74) is 1.10. The molecule has 1 aliphatic carbocycles. The molecule has 1 aliphatic rings. The Morgan fingerprint density at radius 3 is 2.35 bits per heavy atom. The second-order valence-corrected chi connectivity index (χ2v) is 7.96. The van der Waals surface area contributed by atoms with Crippen molar-refractivity contribution >= 4 is 5.97 Å².